The molecule has 0 fully saturated rings. The molecule has 0 bridgehead atoms. The molecule has 1 amide bonds. The number of rotatable bonds is 4. The molecule has 6 heteroatoms. The standard InChI is InChI=1S/C24H23N3O2S/c1-14-9-10-18(11-16(14)3)19-12-30-23-21(19)24(29)27(13-25-23)17(4)22(28)26-20-8-6-5-7-15(20)2/h5-13,17H,1-4H3,(H,26,28)/t17-/m0/s1. The van der Waals surface area contributed by atoms with Crippen molar-refractivity contribution >= 4 is 33.1 Å². The summed E-state index contributed by atoms with van der Waals surface area (Å²) in [5.74, 6) is -0.254. The van der Waals surface area contributed by atoms with E-state index in [4.69, 9.17) is 0 Å². The van der Waals surface area contributed by atoms with Crippen LogP contribution in [0.1, 0.15) is 29.7 Å². The Kier molecular flexibility index (Phi) is 5.26. The van der Waals surface area contributed by atoms with Crippen molar-refractivity contribution in [2.45, 2.75) is 33.7 Å². The van der Waals surface area contributed by atoms with E-state index in [1.54, 1.807) is 6.92 Å². The lowest BCUT2D eigenvalue weighted by Gasteiger charge is -2.16. The van der Waals surface area contributed by atoms with E-state index in [-0.39, 0.29) is 11.5 Å². The molecule has 2 aromatic heterocycles. The Morgan fingerprint density at radius 2 is 1.83 bits per heavy atom. The van der Waals surface area contributed by atoms with E-state index in [0.29, 0.717) is 10.2 Å². The minimum atomic E-state index is -0.693. The molecule has 4 rings (SSSR count). The molecule has 0 aliphatic carbocycles. The maximum absolute atomic E-state index is 13.4. The molecule has 0 aliphatic rings. The third kappa shape index (κ3) is 3.55. The summed E-state index contributed by atoms with van der Waals surface area (Å²) >= 11 is 1.44. The number of amides is 1. The number of aromatic nitrogens is 2. The van der Waals surface area contributed by atoms with E-state index in [0.717, 1.165) is 22.4 Å². The molecule has 30 heavy (non-hydrogen) atoms. The lowest BCUT2D eigenvalue weighted by atomic mass is 10.0. The fourth-order valence-corrected chi connectivity index (χ4v) is 4.33. The summed E-state index contributed by atoms with van der Waals surface area (Å²) in [7, 11) is 0. The first-order chi connectivity index (χ1) is 14.4. The third-order valence-electron chi connectivity index (χ3n) is 5.54. The predicted molar refractivity (Wildman–Crippen MR) is 123 cm³/mol. The molecule has 5 nitrogen and oxygen atoms in total. The molecule has 0 saturated heterocycles. The SMILES string of the molecule is Cc1ccc(-c2csc3ncn([C@@H](C)C(=O)Nc4ccccc4C)c(=O)c23)cc1C. The molecule has 1 atom stereocenters. The molecule has 0 saturated carbocycles. The molecule has 152 valence electrons. The van der Waals surface area contributed by atoms with Crippen LogP contribution in [-0.2, 0) is 4.79 Å². The van der Waals surface area contributed by atoms with Crippen molar-refractivity contribution in [2.24, 2.45) is 0 Å². The van der Waals surface area contributed by atoms with Crippen LogP contribution >= 0.6 is 11.3 Å². The molecule has 0 aliphatic heterocycles. The van der Waals surface area contributed by atoms with Gasteiger partial charge in [-0.2, -0.15) is 0 Å². The van der Waals surface area contributed by atoms with Gasteiger partial charge in [0.1, 0.15) is 10.9 Å². The summed E-state index contributed by atoms with van der Waals surface area (Å²) in [5, 5.41) is 5.43. The van der Waals surface area contributed by atoms with Gasteiger partial charge in [0.05, 0.1) is 11.7 Å². The zero-order chi connectivity index (χ0) is 21.4. The van der Waals surface area contributed by atoms with E-state index in [1.165, 1.54) is 33.4 Å². The van der Waals surface area contributed by atoms with E-state index >= 15 is 0 Å². The largest absolute Gasteiger partial charge is 0.324 e. The molecule has 0 unspecified atom stereocenters. The van der Waals surface area contributed by atoms with E-state index in [1.807, 2.05) is 42.6 Å². The summed E-state index contributed by atoms with van der Waals surface area (Å²) in [6.45, 7) is 7.77. The molecule has 2 heterocycles. The van der Waals surface area contributed by atoms with Crippen molar-refractivity contribution in [3.8, 4) is 11.1 Å². The highest BCUT2D eigenvalue weighted by Crippen LogP contribution is 2.32. The fraction of sp³-hybridized carbons (Fsp3) is 0.208. The van der Waals surface area contributed by atoms with Crippen LogP contribution in [0.4, 0.5) is 5.69 Å². The van der Waals surface area contributed by atoms with Crippen molar-refractivity contribution < 1.29 is 4.79 Å². The van der Waals surface area contributed by atoms with E-state index in [2.05, 4.69) is 36.3 Å². The number of fused-ring (bicyclic) bond motifs is 1. The minimum Gasteiger partial charge on any atom is -0.324 e. The van der Waals surface area contributed by atoms with Gasteiger partial charge in [0, 0.05) is 16.6 Å². The summed E-state index contributed by atoms with van der Waals surface area (Å²) in [4.78, 5) is 31.3. The highest BCUT2D eigenvalue weighted by molar-refractivity contribution is 7.17. The molecule has 4 aromatic rings. The van der Waals surface area contributed by atoms with Crippen LogP contribution in [0.25, 0.3) is 21.3 Å². The number of nitrogens with one attached hydrogen (secondary N) is 1. The monoisotopic (exact) mass is 417 g/mol. The molecular weight excluding hydrogens is 394 g/mol. The fourth-order valence-electron chi connectivity index (χ4n) is 3.42. The minimum absolute atomic E-state index is 0.207. The van der Waals surface area contributed by atoms with Gasteiger partial charge in [-0.15, -0.1) is 11.3 Å². The van der Waals surface area contributed by atoms with Crippen LogP contribution in [0.15, 0.2) is 59.0 Å². The third-order valence-corrected chi connectivity index (χ3v) is 6.42. The summed E-state index contributed by atoms with van der Waals surface area (Å²) in [6.07, 6.45) is 1.47. The number of hydrogen-bond donors (Lipinski definition) is 1. The van der Waals surface area contributed by atoms with Crippen molar-refractivity contribution in [1.82, 2.24) is 9.55 Å². The second-order valence-corrected chi connectivity index (χ2v) is 8.42. The van der Waals surface area contributed by atoms with Crippen molar-refractivity contribution in [1.29, 1.82) is 0 Å². The van der Waals surface area contributed by atoms with Crippen LogP contribution in [0.3, 0.4) is 0 Å². The number of benzene rings is 2. The maximum Gasteiger partial charge on any atom is 0.263 e. The van der Waals surface area contributed by atoms with Gasteiger partial charge in [-0.1, -0.05) is 36.4 Å². The van der Waals surface area contributed by atoms with Crippen molar-refractivity contribution in [2.75, 3.05) is 5.32 Å². The lowest BCUT2D eigenvalue weighted by Crippen LogP contribution is -2.31. The number of hydrogen-bond acceptors (Lipinski definition) is 4. The summed E-state index contributed by atoms with van der Waals surface area (Å²) < 4.78 is 1.41. The van der Waals surface area contributed by atoms with Gasteiger partial charge < -0.3 is 5.32 Å². The first-order valence-electron chi connectivity index (χ1n) is 9.79. The predicted octanol–water partition coefficient (Wildman–Crippen LogP) is 5.25. The second-order valence-electron chi connectivity index (χ2n) is 7.57. The smallest absolute Gasteiger partial charge is 0.263 e. The van der Waals surface area contributed by atoms with Crippen LogP contribution in [0, 0.1) is 20.8 Å². The van der Waals surface area contributed by atoms with Gasteiger partial charge in [0.2, 0.25) is 5.91 Å². The highest BCUT2D eigenvalue weighted by atomic mass is 32.1. The normalized spacial score (nSPS) is 12.1. The zero-order valence-electron chi connectivity index (χ0n) is 17.4. The molecule has 2 aromatic carbocycles. The number of carbonyl (C=O) groups is 1. The number of nitrogens with zero attached hydrogens (tertiary/aromatic N) is 2. The average molecular weight is 418 g/mol. The highest BCUT2D eigenvalue weighted by Gasteiger charge is 2.21. The van der Waals surface area contributed by atoms with Crippen LogP contribution in [0.2, 0.25) is 0 Å². The Morgan fingerprint density at radius 3 is 2.57 bits per heavy atom. The first kappa shape index (κ1) is 20.0. The van der Waals surface area contributed by atoms with Gasteiger partial charge in [0.25, 0.3) is 5.56 Å². The Balaban J connectivity index is 1.74. The zero-order valence-corrected chi connectivity index (χ0v) is 18.2. The first-order valence-corrected chi connectivity index (χ1v) is 10.7. The number of anilines is 1. The Hall–Kier alpha value is -3.25. The average Bonchev–Trinajstić information content (AvgIpc) is 3.16. The summed E-state index contributed by atoms with van der Waals surface area (Å²) in [5.41, 5.74) is 5.71. The maximum atomic E-state index is 13.4. The van der Waals surface area contributed by atoms with Crippen LogP contribution in [0.5, 0.6) is 0 Å². The molecule has 0 spiro atoms. The Morgan fingerprint density at radius 1 is 1.07 bits per heavy atom. The summed E-state index contributed by atoms with van der Waals surface area (Å²) in [6, 6.07) is 13.0. The quantitative estimate of drug-likeness (QED) is 0.493. The second kappa shape index (κ2) is 7.88. The topological polar surface area (TPSA) is 64.0 Å². The van der Waals surface area contributed by atoms with Crippen molar-refractivity contribution in [3.05, 3.63) is 81.2 Å². The van der Waals surface area contributed by atoms with Crippen LogP contribution in [-0.4, -0.2) is 15.5 Å². The molecule has 0 radical (unpaired) electrons. The van der Waals surface area contributed by atoms with E-state index < -0.39 is 6.04 Å². The number of carbonyl (C=O) groups excluding carboxylic acids is 1. The van der Waals surface area contributed by atoms with Gasteiger partial charge in [-0.3, -0.25) is 14.2 Å². The van der Waals surface area contributed by atoms with Gasteiger partial charge in [0.15, 0.2) is 0 Å². The number of aryl methyl sites for hydroxylation is 3. The van der Waals surface area contributed by atoms with Gasteiger partial charge in [-0.05, 0) is 56.0 Å². The molecular formula is C24H23N3O2S. The Bertz CT molecular complexity index is 1320. The number of thiophene rings is 1. The van der Waals surface area contributed by atoms with Crippen molar-refractivity contribution in [3.63, 3.8) is 0 Å². The van der Waals surface area contributed by atoms with Gasteiger partial charge in [-0.25, -0.2) is 4.98 Å². The number of para-hydroxylation sites is 1. The lowest BCUT2D eigenvalue weighted by molar-refractivity contribution is -0.118. The Labute approximate surface area is 179 Å². The van der Waals surface area contributed by atoms with Crippen LogP contribution < -0.4 is 10.9 Å². The van der Waals surface area contributed by atoms with E-state index in [9.17, 15) is 9.59 Å². The van der Waals surface area contributed by atoms with Gasteiger partial charge >= 0.3 is 0 Å². The molecule has 1 N–H and O–H groups in total.